The van der Waals surface area contributed by atoms with E-state index in [4.69, 9.17) is 11.6 Å². The third-order valence-electron chi connectivity index (χ3n) is 3.30. The maximum Gasteiger partial charge on any atom is 0.0847 e. The van der Waals surface area contributed by atoms with Crippen molar-refractivity contribution in [2.24, 2.45) is 13.0 Å². The van der Waals surface area contributed by atoms with Crippen molar-refractivity contribution in [1.29, 1.82) is 0 Å². The number of hydrogen-bond acceptors (Lipinski definition) is 2. The molecule has 0 fully saturated rings. The second-order valence-electron chi connectivity index (χ2n) is 5.03. The molecule has 0 aliphatic rings. The fourth-order valence-corrected chi connectivity index (χ4v) is 2.58. The van der Waals surface area contributed by atoms with Crippen molar-refractivity contribution >= 4 is 11.6 Å². The molecule has 1 atom stereocenters. The van der Waals surface area contributed by atoms with Crippen LogP contribution in [0.1, 0.15) is 44.5 Å². The molecule has 0 aliphatic heterocycles. The lowest BCUT2D eigenvalue weighted by Gasteiger charge is -2.17. The molecule has 0 spiro atoms. The molecule has 4 heteroatoms. The summed E-state index contributed by atoms with van der Waals surface area (Å²) in [5.41, 5.74) is 2.11. The van der Waals surface area contributed by atoms with Gasteiger partial charge in [0.2, 0.25) is 0 Å². The van der Waals surface area contributed by atoms with Crippen LogP contribution in [0.15, 0.2) is 0 Å². The highest BCUT2D eigenvalue weighted by Crippen LogP contribution is 2.23. The maximum absolute atomic E-state index is 6.32. The first kappa shape index (κ1) is 15.5. The molecule has 0 bridgehead atoms. The summed E-state index contributed by atoms with van der Waals surface area (Å²) in [5, 5.41) is 8.74. The van der Waals surface area contributed by atoms with Crippen LogP contribution in [-0.4, -0.2) is 22.9 Å². The molecule has 0 aliphatic carbocycles. The summed E-state index contributed by atoms with van der Waals surface area (Å²) in [6.07, 6.45) is 4.65. The third kappa shape index (κ3) is 4.29. The number of aromatic nitrogens is 2. The summed E-state index contributed by atoms with van der Waals surface area (Å²) in [5.74, 6) is 0.647. The highest BCUT2D eigenvalue weighted by atomic mass is 35.5. The van der Waals surface area contributed by atoms with E-state index in [2.05, 4.69) is 24.3 Å². The van der Waals surface area contributed by atoms with Crippen molar-refractivity contribution in [1.82, 2.24) is 15.1 Å². The Hall–Kier alpha value is -0.540. The minimum Gasteiger partial charge on any atom is -0.316 e. The first-order valence-electron chi connectivity index (χ1n) is 6.98. The van der Waals surface area contributed by atoms with E-state index >= 15 is 0 Å². The summed E-state index contributed by atoms with van der Waals surface area (Å²) in [7, 11) is 1.98. The van der Waals surface area contributed by atoms with E-state index in [1.54, 1.807) is 0 Å². The number of halogens is 1. The van der Waals surface area contributed by atoms with Crippen molar-refractivity contribution in [2.45, 2.75) is 46.5 Å². The number of aryl methyl sites for hydroxylation is 2. The molecule has 0 radical (unpaired) electrons. The van der Waals surface area contributed by atoms with Crippen LogP contribution in [0.5, 0.6) is 0 Å². The minimum absolute atomic E-state index is 0.647. The van der Waals surface area contributed by atoms with Gasteiger partial charge in [-0.05, 0) is 45.2 Å². The lowest BCUT2D eigenvalue weighted by Crippen LogP contribution is -2.25. The van der Waals surface area contributed by atoms with E-state index in [1.807, 2.05) is 18.7 Å². The van der Waals surface area contributed by atoms with Gasteiger partial charge < -0.3 is 5.32 Å². The predicted octanol–water partition coefficient (Wildman–Crippen LogP) is 3.34. The fraction of sp³-hybridized carbons (Fsp3) is 0.786. The minimum atomic E-state index is 0.647. The van der Waals surface area contributed by atoms with Crippen molar-refractivity contribution < 1.29 is 0 Å². The maximum atomic E-state index is 6.32. The molecular formula is C14H26ClN3. The Morgan fingerprint density at radius 2 is 2.06 bits per heavy atom. The highest BCUT2D eigenvalue weighted by molar-refractivity contribution is 6.31. The van der Waals surface area contributed by atoms with E-state index in [0.717, 1.165) is 30.2 Å². The second kappa shape index (κ2) is 7.80. The molecule has 1 unspecified atom stereocenters. The third-order valence-corrected chi connectivity index (χ3v) is 3.79. The fourth-order valence-electron chi connectivity index (χ4n) is 2.34. The Balaban J connectivity index is 2.64. The molecule has 0 aromatic carbocycles. The number of hydrogen-bond donors (Lipinski definition) is 1. The summed E-state index contributed by atoms with van der Waals surface area (Å²) in [6, 6.07) is 0. The quantitative estimate of drug-likeness (QED) is 0.735. The van der Waals surface area contributed by atoms with Crippen LogP contribution in [-0.2, 0) is 13.5 Å². The Bertz CT molecular complexity index is 360. The van der Waals surface area contributed by atoms with Crippen LogP contribution >= 0.6 is 11.6 Å². The first-order chi connectivity index (χ1) is 8.60. The van der Waals surface area contributed by atoms with E-state index in [-0.39, 0.29) is 0 Å². The van der Waals surface area contributed by atoms with Gasteiger partial charge in [-0.2, -0.15) is 5.10 Å². The molecule has 1 aromatic rings. The number of nitrogens with one attached hydrogen (secondary N) is 1. The zero-order chi connectivity index (χ0) is 13.5. The predicted molar refractivity (Wildman–Crippen MR) is 78.2 cm³/mol. The van der Waals surface area contributed by atoms with Crippen LogP contribution in [0.25, 0.3) is 0 Å². The molecule has 1 heterocycles. The highest BCUT2D eigenvalue weighted by Gasteiger charge is 2.16. The number of rotatable bonds is 8. The normalized spacial score (nSPS) is 12.9. The van der Waals surface area contributed by atoms with Crippen LogP contribution in [0.3, 0.4) is 0 Å². The molecule has 104 valence electrons. The van der Waals surface area contributed by atoms with Gasteiger partial charge in [-0.25, -0.2) is 0 Å². The van der Waals surface area contributed by atoms with Gasteiger partial charge in [0.05, 0.1) is 16.4 Å². The van der Waals surface area contributed by atoms with E-state index < -0.39 is 0 Å². The standard InChI is InChI=1S/C14H26ClN3/c1-5-7-12(10-16-8-6-2)9-13-14(15)11(3)17-18(13)4/h12,16H,5-10H2,1-4H3. The van der Waals surface area contributed by atoms with Crippen LogP contribution in [0.2, 0.25) is 5.02 Å². The first-order valence-corrected chi connectivity index (χ1v) is 7.36. The summed E-state index contributed by atoms with van der Waals surface area (Å²) in [4.78, 5) is 0. The monoisotopic (exact) mass is 271 g/mol. The zero-order valence-electron chi connectivity index (χ0n) is 12.1. The van der Waals surface area contributed by atoms with Crippen molar-refractivity contribution in [2.75, 3.05) is 13.1 Å². The average molecular weight is 272 g/mol. The van der Waals surface area contributed by atoms with Gasteiger partial charge in [-0.3, -0.25) is 4.68 Å². The Morgan fingerprint density at radius 3 is 2.56 bits per heavy atom. The van der Waals surface area contributed by atoms with Crippen molar-refractivity contribution in [3.63, 3.8) is 0 Å². The van der Waals surface area contributed by atoms with Gasteiger partial charge in [0.1, 0.15) is 0 Å². The van der Waals surface area contributed by atoms with E-state index in [9.17, 15) is 0 Å². The van der Waals surface area contributed by atoms with Gasteiger partial charge >= 0.3 is 0 Å². The lowest BCUT2D eigenvalue weighted by molar-refractivity contribution is 0.428. The van der Waals surface area contributed by atoms with Gasteiger partial charge in [-0.15, -0.1) is 0 Å². The Morgan fingerprint density at radius 1 is 1.33 bits per heavy atom. The summed E-state index contributed by atoms with van der Waals surface area (Å²) in [6.45, 7) is 8.57. The Kier molecular flexibility index (Phi) is 6.72. The smallest absolute Gasteiger partial charge is 0.0847 e. The van der Waals surface area contributed by atoms with Crippen molar-refractivity contribution in [3.05, 3.63) is 16.4 Å². The number of nitrogens with zero attached hydrogens (tertiary/aromatic N) is 2. The summed E-state index contributed by atoms with van der Waals surface area (Å²) >= 11 is 6.32. The largest absolute Gasteiger partial charge is 0.316 e. The molecule has 1 rings (SSSR count). The average Bonchev–Trinajstić information content (AvgIpc) is 2.56. The van der Waals surface area contributed by atoms with Crippen molar-refractivity contribution in [3.8, 4) is 0 Å². The van der Waals surface area contributed by atoms with E-state index in [0.29, 0.717) is 5.92 Å². The molecular weight excluding hydrogens is 246 g/mol. The van der Waals surface area contributed by atoms with Crippen LogP contribution in [0, 0.1) is 12.8 Å². The molecule has 0 saturated heterocycles. The molecule has 1 N–H and O–H groups in total. The topological polar surface area (TPSA) is 29.9 Å². The molecule has 18 heavy (non-hydrogen) atoms. The van der Waals surface area contributed by atoms with Gasteiger partial charge in [-0.1, -0.05) is 31.9 Å². The second-order valence-corrected chi connectivity index (χ2v) is 5.41. The van der Waals surface area contributed by atoms with Gasteiger partial charge in [0.15, 0.2) is 0 Å². The van der Waals surface area contributed by atoms with Crippen LogP contribution in [0.4, 0.5) is 0 Å². The summed E-state index contributed by atoms with van der Waals surface area (Å²) < 4.78 is 1.93. The van der Waals surface area contributed by atoms with E-state index in [1.165, 1.54) is 25.0 Å². The van der Waals surface area contributed by atoms with Gasteiger partial charge in [0.25, 0.3) is 0 Å². The molecule has 0 saturated carbocycles. The lowest BCUT2D eigenvalue weighted by atomic mass is 9.97. The molecule has 1 aromatic heterocycles. The molecule has 3 nitrogen and oxygen atoms in total. The van der Waals surface area contributed by atoms with Crippen LogP contribution < -0.4 is 5.32 Å². The Labute approximate surface area is 116 Å². The van der Waals surface area contributed by atoms with Gasteiger partial charge in [0, 0.05) is 7.05 Å². The SMILES string of the molecule is CCCNCC(CCC)Cc1c(Cl)c(C)nn1C. The zero-order valence-corrected chi connectivity index (χ0v) is 12.8. The molecule has 0 amide bonds.